The van der Waals surface area contributed by atoms with E-state index in [1.807, 2.05) is 19.9 Å². The van der Waals surface area contributed by atoms with Crippen molar-refractivity contribution in [3.8, 4) is 23.1 Å². The van der Waals surface area contributed by atoms with Gasteiger partial charge >= 0.3 is 11.6 Å². The second kappa shape index (κ2) is 15.6. The van der Waals surface area contributed by atoms with Crippen LogP contribution >= 0.6 is 0 Å². The van der Waals surface area contributed by atoms with Gasteiger partial charge in [-0.05, 0) is 42.7 Å². The Morgan fingerprint density at radius 1 is 0.895 bits per heavy atom. The lowest BCUT2D eigenvalue weighted by Crippen LogP contribution is -2.12. The summed E-state index contributed by atoms with van der Waals surface area (Å²) in [6, 6.07) is 14.3. The van der Waals surface area contributed by atoms with Crippen molar-refractivity contribution in [1.29, 1.82) is 5.26 Å². The minimum absolute atomic E-state index is 0.0439. The summed E-state index contributed by atoms with van der Waals surface area (Å²) >= 11 is 0. The van der Waals surface area contributed by atoms with Crippen LogP contribution in [0.3, 0.4) is 0 Å². The second-order valence-electron chi connectivity index (χ2n) is 9.89. The first-order valence-corrected chi connectivity index (χ1v) is 13.7. The molecule has 0 bridgehead atoms. The topological polar surface area (TPSA) is 102 Å². The molecule has 0 radical (unpaired) electrons. The number of rotatable bonds is 16. The first kappa shape index (κ1) is 28.9. The van der Waals surface area contributed by atoms with Crippen molar-refractivity contribution >= 4 is 17.1 Å². The Hall–Kier alpha value is -3.66. The van der Waals surface area contributed by atoms with Gasteiger partial charge in [-0.1, -0.05) is 77.3 Å². The summed E-state index contributed by atoms with van der Waals surface area (Å²) in [5.41, 5.74) is 1.44. The molecular weight excluding hydrogens is 480 g/mol. The molecule has 0 atom stereocenters. The highest BCUT2D eigenvalue weighted by Crippen LogP contribution is 2.22. The largest absolute Gasteiger partial charge is 0.478 e. The molecule has 0 spiro atoms. The lowest BCUT2D eigenvalue weighted by Gasteiger charge is -2.07. The molecule has 7 nitrogen and oxygen atoms in total. The summed E-state index contributed by atoms with van der Waals surface area (Å²) in [5, 5.41) is 9.67. The Labute approximate surface area is 224 Å². The van der Waals surface area contributed by atoms with Gasteiger partial charge in [-0.2, -0.15) is 10.2 Å². The monoisotopic (exact) mass is 518 g/mol. The first-order chi connectivity index (χ1) is 18.5. The Morgan fingerprint density at radius 3 is 2.11 bits per heavy atom. The number of hydrogen-bond donors (Lipinski definition) is 0. The van der Waals surface area contributed by atoms with Crippen LogP contribution in [0.2, 0.25) is 0 Å². The average molecular weight is 519 g/mol. The van der Waals surface area contributed by atoms with Crippen LogP contribution in [0.25, 0.3) is 22.2 Å². The molecule has 2 heterocycles. The molecule has 0 unspecified atom stereocenters. The number of fused-ring (bicyclic) bond motifs is 1. The van der Waals surface area contributed by atoms with Crippen molar-refractivity contribution in [2.45, 2.75) is 78.1 Å². The highest BCUT2D eigenvalue weighted by atomic mass is 16.5. The van der Waals surface area contributed by atoms with Crippen LogP contribution in [0, 0.1) is 17.2 Å². The zero-order valence-electron chi connectivity index (χ0n) is 22.5. The molecule has 0 N–H and O–H groups in total. The van der Waals surface area contributed by atoms with E-state index < -0.39 is 5.63 Å². The highest BCUT2D eigenvalue weighted by molar-refractivity contribution is 5.79. The van der Waals surface area contributed by atoms with Crippen molar-refractivity contribution in [1.82, 2.24) is 4.98 Å². The summed E-state index contributed by atoms with van der Waals surface area (Å²) in [4.78, 5) is 28.2. The van der Waals surface area contributed by atoms with Gasteiger partial charge in [-0.25, -0.2) is 4.79 Å². The second-order valence-corrected chi connectivity index (χ2v) is 9.89. The predicted molar refractivity (Wildman–Crippen MR) is 148 cm³/mol. The fraction of sp³-hybridized carbons (Fsp3) is 0.484. The van der Waals surface area contributed by atoms with Crippen molar-refractivity contribution < 1.29 is 18.7 Å². The van der Waals surface area contributed by atoms with E-state index in [2.05, 4.69) is 11.1 Å². The summed E-state index contributed by atoms with van der Waals surface area (Å²) < 4.78 is 16.4. The van der Waals surface area contributed by atoms with Gasteiger partial charge in [-0.3, -0.25) is 4.79 Å². The minimum Gasteiger partial charge on any atom is -0.478 e. The summed E-state index contributed by atoms with van der Waals surface area (Å²) in [7, 11) is 0. The van der Waals surface area contributed by atoms with Crippen molar-refractivity contribution in [2.24, 2.45) is 5.92 Å². The number of carbonyl (C=O) groups excluding carboxylic acids is 1. The maximum Gasteiger partial charge on any atom is 0.345 e. The van der Waals surface area contributed by atoms with Crippen molar-refractivity contribution in [3.63, 3.8) is 0 Å². The zero-order chi connectivity index (χ0) is 27.2. The number of nitrogens with zero attached hydrogens (tertiary/aromatic N) is 2. The van der Waals surface area contributed by atoms with E-state index in [9.17, 15) is 9.59 Å². The lowest BCUT2D eigenvalue weighted by molar-refractivity contribution is -0.147. The number of nitriles is 1. The summed E-state index contributed by atoms with van der Waals surface area (Å²) in [6.45, 7) is 4.83. The number of benzene rings is 1. The Bertz CT molecular complexity index is 1260. The third kappa shape index (κ3) is 9.33. The van der Waals surface area contributed by atoms with E-state index >= 15 is 0 Å². The molecule has 0 aliphatic rings. The van der Waals surface area contributed by atoms with Crippen LogP contribution in [0.5, 0.6) is 5.88 Å². The van der Waals surface area contributed by atoms with E-state index in [-0.39, 0.29) is 17.6 Å². The quantitative estimate of drug-likeness (QED) is 0.146. The fourth-order valence-corrected chi connectivity index (χ4v) is 4.12. The van der Waals surface area contributed by atoms with E-state index in [1.165, 1.54) is 38.5 Å². The number of pyridine rings is 1. The third-order valence-corrected chi connectivity index (χ3v) is 6.40. The Morgan fingerprint density at radius 2 is 1.50 bits per heavy atom. The van der Waals surface area contributed by atoms with Gasteiger partial charge in [0.1, 0.15) is 0 Å². The van der Waals surface area contributed by atoms with Crippen LogP contribution in [0.1, 0.15) is 83.6 Å². The lowest BCUT2D eigenvalue weighted by atomic mass is 10.1. The van der Waals surface area contributed by atoms with Gasteiger partial charge < -0.3 is 13.9 Å². The maximum absolute atomic E-state index is 12.5. The van der Waals surface area contributed by atoms with Gasteiger partial charge in [0.25, 0.3) is 0 Å². The molecule has 2 aromatic heterocycles. The van der Waals surface area contributed by atoms with Gasteiger partial charge in [0.05, 0.1) is 36.3 Å². The number of unbranched alkanes of at least 4 members (excludes halogenated alkanes) is 9. The predicted octanol–water partition coefficient (Wildman–Crippen LogP) is 7.21. The standard InChI is InChI=1S/C31H38N2O5/c1-23(2)30(34)37-20-12-10-8-6-4-3-5-7-9-11-19-36-28-18-17-26-21-27(31(35)38-29(26)33-28)25-15-13-24(22-32)14-16-25/h13-18,21,23H,3-12,19-20H2,1-2H3. The van der Waals surface area contributed by atoms with Crippen LogP contribution in [-0.4, -0.2) is 24.2 Å². The molecule has 7 heteroatoms. The van der Waals surface area contributed by atoms with Gasteiger partial charge in [-0.15, -0.1) is 0 Å². The third-order valence-electron chi connectivity index (χ3n) is 6.40. The molecule has 0 aliphatic heterocycles. The molecule has 3 aromatic rings. The molecule has 0 amide bonds. The molecule has 0 fully saturated rings. The first-order valence-electron chi connectivity index (χ1n) is 13.7. The van der Waals surface area contributed by atoms with E-state index in [4.69, 9.17) is 19.2 Å². The van der Waals surface area contributed by atoms with Crippen LogP contribution in [0.15, 0.2) is 51.7 Å². The Balaban J connectivity index is 1.28. The maximum atomic E-state index is 12.5. The molecule has 38 heavy (non-hydrogen) atoms. The number of esters is 1. The van der Waals surface area contributed by atoms with Gasteiger partial charge in [0.15, 0.2) is 0 Å². The van der Waals surface area contributed by atoms with Crippen LogP contribution in [-0.2, 0) is 9.53 Å². The van der Waals surface area contributed by atoms with E-state index in [1.54, 1.807) is 36.4 Å². The van der Waals surface area contributed by atoms with Crippen LogP contribution in [0.4, 0.5) is 0 Å². The molecule has 0 saturated heterocycles. The van der Waals surface area contributed by atoms with Gasteiger partial charge in [0.2, 0.25) is 11.6 Å². The number of aromatic nitrogens is 1. The molecular formula is C31H38N2O5. The minimum atomic E-state index is -0.473. The van der Waals surface area contributed by atoms with Crippen molar-refractivity contribution in [2.75, 3.05) is 13.2 Å². The fourth-order valence-electron chi connectivity index (χ4n) is 4.12. The number of hydrogen-bond acceptors (Lipinski definition) is 7. The molecule has 0 saturated carbocycles. The molecule has 202 valence electrons. The van der Waals surface area contributed by atoms with Gasteiger partial charge in [0, 0.05) is 11.5 Å². The normalized spacial score (nSPS) is 11.0. The summed E-state index contributed by atoms with van der Waals surface area (Å²) in [6.07, 6.45) is 11.5. The number of carbonyl (C=O) groups is 1. The zero-order valence-corrected chi connectivity index (χ0v) is 22.5. The average Bonchev–Trinajstić information content (AvgIpc) is 2.92. The Kier molecular flexibility index (Phi) is 11.8. The van der Waals surface area contributed by atoms with E-state index in [0.29, 0.717) is 41.2 Å². The van der Waals surface area contributed by atoms with Crippen molar-refractivity contribution in [3.05, 3.63) is 58.4 Å². The molecule has 3 rings (SSSR count). The SMILES string of the molecule is CC(C)C(=O)OCCCCCCCCCCCCOc1ccc2cc(-c3ccc(C#N)cc3)c(=O)oc2n1. The van der Waals surface area contributed by atoms with Crippen LogP contribution < -0.4 is 10.4 Å². The highest BCUT2D eigenvalue weighted by Gasteiger charge is 2.10. The molecule has 1 aromatic carbocycles. The number of ether oxygens (including phenoxy) is 2. The molecule has 0 aliphatic carbocycles. The summed E-state index contributed by atoms with van der Waals surface area (Å²) in [5.74, 6) is 0.302. The van der Waals surface area contributed by atoms with E-state index in [0.717, 1.165) is 25.7 Å². The smallest absolute Gasteiger partial charge is 0.345 e.